The molecule has 5 aromatic rings. The minimum Gasteiger partial charge on any atom is -0.493 e. The van der Waals surface area contributed by atoms with Crippen LogP contribution in [0.5, 0.6) is 5.75 Å². The van der Waals surface area contributed by atoms with Gasteiger partial charge in [-0.05, 0) is 94.4 Å². The van der Waals surface area contributed by atoms with Crippen LogP contribution in [-0.2, 0) is 32.1 Å². The summed E-state index contributed by atoms with van der Waals surface area (Å²) >= 11 is 1.57. The van der Waals surface area contributed by atoms with Gasteiger partial charge in [-0.2, -0.15) is 0 Å². The third kappa shape index (κ3) is 13.0. The number of thiazole rings is 1. The molecule has 16 heteroatoms. The van der Waals surface area contributed by atoms with Crippen LogP contribution in [0, 0.1) is 24.0 Å². The molecule has 70 heavy (non-hydrogen) atoms. The second-order valence-electron chi connectivity index (χ2n) is 20.6. The third-order valence-electron chi connectivity index (χ3n) is 13.3. The molecule has 7 rings (SSSR count). The number of aromatic nitrogens is 2. The molecule has 2 aliphatic rings. The van der Waals surface area contributed by atoms with Crippen LogP contribution in [0.4, 0.5) is 13.2 Å². The van der Waals surface area contributed by atoms with Crippen molar-refractivity contribution in [3.63, 3.8) is 0 Å². The minimum atomic E-state index is -1.59. The monoisotopic (exact) mass is 986 g/mol. The number of carbonyl (C=O) groups is 3. The molecule has 12 nitrogen and oxygen atoms in total. The molecule has 3 aromatic carbocycles. The Labute approximate surface area is 413 Å². The number of fused-ring (bicyclic) bond motifs is 3. The summed E-state index contributed by atoms with van der Waals surface area (Å²) in [5.41, 5.74) is 4.86. The Morgan fingerprint density at radius 3 is 2.31 bits per heavy atom. The average molecular weight is 987 g/mol. The Kier molecular flexibility index (Phi) is 17.1. The summed E-state index contributed by atoms with van der Waals surface area (Å²) in [4.78, 5) is 52.7. The topological polar surface area (TPSA) is 149 Å². The number of aryl methyl sites for hydroxylation is 1. The number of H-pyrrole nitrogens is 1. The summed E-state index contributed by atoms with van der Waals surface area (Å²) in [5.74, 6) is -2.45. The van der Waals surface area contributed by atoms with Crippen molar-refractivity contribution in [2.45, 2.75) is 142 Å². The van der Waals surface area contributed by atoms with Crippen LogP contribution in [-0.4, -0.2) is 105 Å². The second-order valence-corrected chi connectivity index (χ2v) is 21.5. The van der Waals surface area contributed by atoms with Crippen LogP contribution < -0.4 is 15.4 Å². The number of aromatic amines is 1. The number of para-hydroxylation sites is 1. The number of β-amino-alcohol motifs (C(OH)–C–C–N with tert-alkyl or cyclic N) is 1. The Morgan fingerprint density at radius 2 is 1.64 bits per heavy atom. The number of unbranched alkanes of at least 4 members (excludes halogenated alkanes) is 3. The van der Waals surface area contributed by atoms with Crippen LogP contribution in [0.15, 0.2) is 66.2 Å². The van der Waals surface area contributed by atoms with Crippen molar-refractivity contribution in [2.75, 3.05) is 32.9 Å². The van der Waals surface area contributed by atoms with Crippen molar-refractivity contribution >= 4 is 40.0 Å². The van der Waals surface area contributed by atoms with Gasteiger partial charge in [-0.3, -0.25) is 19.3 Å². The predicted molar refractivity (Wildman–Crippen MR) is 267 cm³/mol. The zero-order valence-corrected chi connectivity index (χ0v) is 42.3. The minimum absolute atomic E-state index is 0.00171. The number of ether oxygens (including phenoxy) is 2. The maximum Gasteiger partial charge on any atom is 0.246 e. The van der Waals surface area contributed by atoms with Gasteiger partial charge in [0.1, 0.15) is 35.1 Å². The highest BCUT2D eigenvalue weighted by Crippen LogP contribution is 2.44. The maximum absolute atomic E-state index is 16.0. The van der Waals surface area contributed by atoms with Gasteiger partial charge >= 0.3 is 0 Å². The number of likely N-dealkylation sites (tertiary alicyclic amines) is 1. The number of carbonyl (C=O) groups excluding carboxylic acids is 3. The fourth-order valence-electron chi connectivity index (χ4n) is 9.68. The normalized spacial score (nSPS) is 19.0. The van der Waals surface area contributed by atoms with E-state index < -0.39 is 52.9 Å². The van der Waals surface area contributed by atoms with Gasteiger partial charge in [0.15, 0.2) is 0 Å². The summed E-state index contributed by atoms with van der Waals surface area (Å²) in [6, 6.07) is 15.3. The average Bonchev–Trinajstić information content (AvgIpc) is 4.02. The maximum atomic E-state index is 16.0. The Hall–Kier alpha value is -5.29. The molecule has 4 N–H and O–H groups in total. The SMILES string of the molecule is Cc1ncsc1-c1ccc(CNC(=O)[C@@H]2C[C@@H](O)CN2C(=O)[C@@H](NC(=O)CCCCOCCCCCOc2cc(F)c([C@@H]3c4[nH]c5ccccc5c4C[C@@H](C)N3CC(C)(C)F)c(F)c2)C(C)(C)C)cc1. The molecule has 1 fully saturated rings. The van der Waals surface area contributed by atoms with Gasteiger partial charge in [-0.25, -0.2) is 18.2 Å². The Balaban J connectivity index is 0.808. The van der Waals surface area contributed by atoms with Gasteiger partial charge in [0.25, 0.3) is 0 Å². The highest BCUT2D eigenvalue weighted by Gasteiger charge is 2.45. The lowest BCUT2D eigenvalue weighted by Crippen LogP contribution is -2.57. The van der Waals surface area contributed by atoms with Crippen molar-refractivity contribution in [1.29, 1.82) is 0 Å². The van der Waals surface area contributed by atoms with Crippen molar-refractivity contribution in [3.05, 3.63) is 106 Å². The lowest BCUT2D eigenvalue weighted by Gasteiger charge is -2.43. The zero-order chi connectivity index (χ0) is 50.3. The van der Waals surface area contributed by atoms with E-state index >= 15 is 13.2 Å². The molecule has 378 valence electrons. The van der Waals surface area contributed by atoms with Gasteiger partial charge in [0.2, 0.25) is 17.7 Å². The van der Waals surface area contributed by atoms with E-state index in [1.54, 1.807) is 11.3 Å². The molecule has 0 radical (unpaired) electrons. The van der Waals surface area contributed by atoms with Crippen LogP contribution in [0.2, 0.25) is 0 Å². The van der Waals surface area contributed by atoms with Crippen LogP contribution in [0.25, 0.3) is 21.3 Å². The number of rotatable bonds is 21. The number of amides is 3. The second kappa shape index (κ2) is 22.9. The van der Waals surface area contributed by atoms with E-state index in [1.165, 1.54) is 30.9 Å². The Bertz CT molecular complexity index is 2570. The summed E-state index contributed by atoms with van der Waals surface area (Å²) < 4.78 is 58.8. The van der Waals surface area contributed by atoms with Crippen LogP contribution in [0.3, 0.4) is 0 Å². The van der Waals surface area contributed by atoms with Gasteiger partial charge in [-0.1, -0.05) is 63.2 Å². The van der Waals surface area contributed by atoms with E-state index in [-0.39, 0.29) is 68.3 Å². The molecule has 0 unspecified atom stereocenters. The van der Waals surface area contributed by atoms with Crippen LogP contribution >= 0.6 is 11.3 Å². The highest BCUT2D eigenvalue weighted by atomic mass is 32.1. The predicted octanol–water partition coefficient (Wildman–Crippen LogP) is 9.51. The van der Waals surface area contributed by atoms with Crippen LogP contribution in [0.1, 0.15) is 121 Å². The molecular weight excluding hydrogens is 918 g/mol. The molecule has 1 saturated heterocycles. The van der Waals surface area contributed by atoms with E-state index in [9.17, 15) is 19.5 Å². The lowest BCUT2D eigenvalue weighted by atomic mass is 9.85. The number of nitrogens with one attached hydrogen (secondary N) is 3. The summed E-state index contributed by atoms with van der Waals surface area (Å²) in [7, 11) is 0. The van der Waals surface area contributed by atoms with Crippen molar-refractivity contribution in [3.8, 4) is 16.2 Å². The number of hydrogen-bond donors (Lipinski definition) is 4. The molecule has 0 bridgehead atoms. The number of hydrogen-bond acceptors (Lipinski definition) is 9. The quantitative estimate of drug-likeness (QED) is 0.0532. The summed E-state index contributed by atoms with van der Waals surface area (Å²) in [6.45, 7) is 13.9. The first-order chi connectivity index (χ1) is 33.3. The largest absolute Gasteiger partial charge is 0.493 e. The van der Waals surface area contributed by atoms with Gasteiger partial charge < -0.3 is 35.1 Å². The smallest absolute Gasteiger partial charge is 0.246 e. The zero-order valence-electron chi connectivity index (χ0n) is 41.5. The fraction of sp³-hybridized carbons (Fsp3) is 0.519. The lowest BCUT2D eigenvalue weighted by molar-refractivity contribution is -0.144. The first-order valence-electron chi connectivity index (χ1n) is 24.6. The highest BCUT2D eigenvalue weighted by molar-refractivity contribution is 7.13. The fourth-order valence-corrected chi connectivity index (χ4v) is 10.5. The van der Waals surface area contributed by atoms with E-state index in [4.69, 9.17) is 9.47 Å². The van der Waals surface area contributed by atoms with Gasteiger partial charge in [0.05, 0.1) is 34.8 Å². The molecule has 0 spiro atoms. The third-order valence-corrected chi connectivity index (χ3v) is 14.2. The molecule has 3 amide bonds. The van der Waals surface area contributed by atoms with Crippen molar-refractivity contribution in [2.24, 2.45) is 5.41 Å². The molecule has 0 aliphatic carbocycles. The number of alkyl halides is 1. The molecular formula is C54H69F3N6O6S. The first kappa shape index (κ1) is 52.5. The Morgan fingerprint density at radius 1 is 0.957 bits per heavy atom. The number of halogens is 3. The van der Waals surface area contributed by atoms with Gasteiger partial charge in [-0.15, -0.1) is 11.3 Å². The van der Waals surface area contributed by atoms with E-state index in [0.29, 0.717) is 44.6 Å². The molecule has 0 saturated carbocycles. The molecule has 4 heterocycles. The summed E-state index contributed by atoms with van der Waals surface area (Å²) in [6.07, 6.45) is 3.39. The first-order valence-corrected chi connectivity index (χ1v) is 25.5. The van der Waals surface area contributed by atoms with E-state index in [0.717, 1.165) is 51.0 Å². The van der Waals surface area contributed by atoms with Crippen molar-refractivity contribution < 1.29 is 42.1 Å². The number of nitrogens with zero attached hydrogens (tertiary/aromatic N) is 3. The number of aliphatic hydroxyl groups excluding tert-OH is 1. The standard InChI is InChI=1S/C54H69F3N6O6S/c1-33-25-40-39-15-9-10-16-43(39)60-47(40)48(63(33)31-54(6,7)57)46-41(55)27-38(28-42(46)56)69-24-13-8-12-22-68-23-14-11-17-45(65)61-50(53(3,4)5)52(67)62-30-37(64)26-44(62)51(66)58-29-35-18-20-36(21-19-35)49-34(2)59-32-70-49/h9-10,15-16,18-21,27-28,32-33,37,44,48,50,60,64H,8,11-14,17,22-26,29-31H2,1-7H3,(H,58,66)(H,61,65)/t33-,37-,44+,48-,50-/m1/s1. The molecule has 2 aromatic heterocycles. The van der Waals surface area contributed by atoms with Crippen molar-refractivity contribution in [1.82, 2.24) is 30.4 Å². The molecule has 5 atom stereocenters. The van der Waals surface area contributed by atoms with Gasteiger partial charge in [0, 0.05) is 86.0 Å². The summed E-state index contributed by atoms with van der Waals surface area (Å²) in [5, 5.41) is 17.4. The number of aliphatic hydroxyl groups is 1. The van der Waals surface area contributed by atoms with E-state index in [1.807, 2.05) is 93.6 Å². The van der Waals surface area contributed by atoms with E-state index in [2.05, 4.69) is 20.6 Å². The number of benzene rings is 3. The molecule has 2 aliphatic heterocycles.